The standard InChI is InChI=1S/C25H34O4/c1-19(2)22(25(26)27)14-10-5-4-7-11-20-15-16-23(28-3)24(17-20)29-18-21-12-8-6-9-13-21/h6,8-9,12-13,15-17,19,22H,4-5,7,10-11,14,18H2,1-3H3,(H,26,27). The molecule has 0 saturated heterocycles. The van der Waals surface area contributed by atoms with E-state index in [1.807, 2.05) is 50.2 Å². The van der Waals surface area contributed by atoms with Gasteiger partial charge >= 0.3 is 5.97 Å². The summed E-state index contributed by atoms with van der Waals surface area (Å²) in [5, 5.41) is 9.26. The van der Waals surface area contributed by atoms with Crippen LogP contribution in [-0.2, 0) is 17.8 Å². The Morgan fingerprint density at radius 1 is 0.931 bits per heavy atom. The molecule has 0 amide bonds. The lowest BCUT2D eigenvalue weighted by atomic mass is 9.90. The van der Waals surface area contributed by atoms with E-state index in [0.29, 0.717) is 6.61 Å². The maximum atomic E-state index is 11.3. The number of hydrogen-bond donors (Lipinski definition) is 1. The third-order valence-corrected chi connectivity index (χ3v) is 5.32. The second-order valence-corrected chi connectivity index (χ2v) is 7.90. The number of carboxylic acid groups (broad SMARTS) is 1. The molecule has 4 nitrogen and oxygen atoms in total. The highest BCUT2D eigenvalue weighted by Gasteiger charge is 2.20. The fraction of sp³-hybridized carbons (Fsp3) is 0.480. The summed E-state index contributed by atoms with van der Waals surface area (Å²) < 4.78 is 11.4. The zero-order chi connectivity index (χ0) is 21.1. The van der Waals surface area contributed by atoms with Crippen LogP contribution in [0.1, 0.15) is 57.1 Å². The number of carbonyl (C=O) groups is 1. The van der Waals surface area contributed by atoms with Gasteiger partial charge in [0.1, 0.15) is 6.61 Å². The SMILES string of the molecule is COc1ccc(CCCCCCC(C(=O)O)C(C)C)cc1OCc1ccccc1. The highest BCUT2D eigenvalue weighted by molar-refractivity contribution is 5.70. The molecular weight excluding hydrogens is 364 g/mol. The van der Waals surface area contributed by atoms with Gasteiger partial charge in [0, 0.05) is 0 Å². The van der Waals surface area contributed by atoms with E-state index in [1.54, 1.807) is 7.11 Å². The van der Waals surface area contributed by atoms with E-state index in [2.05, 4.69) is 12.1 Å². The molecular formula is C25H34O4. The van der Waals surface area contributed by atoms with Crippen molar-refractivity contribution in [1.82, 2.24) is 0 Å². The molecule has 1 atom stereocenters. The van der Waals surface area contributed by atoms with Gasteiger partial charge in [-0.25, -0.2) is 0 Å². The molecule has 0 saturated carbocycles. The largest absolute Gasteiger partial charge is 0.493 e. The van der Waals surface area contributed by atoms with Gasteiger partial charge in [-0.1, -0.05) is 69.5 Å². The average Bonchev–Trinajstić information content (AvgIpc) is 2.71. The number of unbranched alkanes of at least 4 members (excludes halogenated alkanes) is 3. The van der Waals surface area contributed by atoms with Crippen LogP contribution in [0.5, 0.6) is 11.5 Å². The van der Waals surface area contributed by atoms with E-state index in [-0.39, 0.29) is 11.8 Å². The van der Waals surface area contributed by atoms with Crippen LogP contribution < -0.4 is 9.47 Å². The lowest BCUT2D eigenvalue weighted by Crippen LogP contribution is -2.19. The van der Waals surface area contributed by atoms with Crippen LogP contribution >= 0.6 is 0 Å². The van der Waals surface area contributed by atoms with E-state index in [1.165, 1.54) is 5.56 Å². The van der Waals surface area contributed by atoms with Crippen LogP contribution in [0, 0.1) is 11.8 Å². The summed E-state index contributed by atoms with van der Waals surface area (Å²) in [6.45, 7) is 4.49. The predicted molar refractivity (Wildman–Crippen MR) is 117 cm³/mol. The molecule has 1 N–H and O–H groups in total. The fourth-order valence-electron chi connectivity index (χ4n) is 3.51. The summed E-state index contributed by atoms with van der Waals surface area (Å²) in [6, 6.07) is 16.2. The number of rotatable bonds is 13. The molecule has 29 heavy (non-hydrogen) atoms. The summed E-state index contributed by atoms with van der Waals surface area (Å²) in [4.78, 5) is 11.3. The normalized spacial score (nSPS) is 12.0. The zero-order valence-corrected chi connectivity index (χ0v) is 17.9. The molecule has 0 aliphatic heterocycles. The number of benzene rings is 2. The van der Waals surface area contributed by atoms with Crippen molar-refractivity contribution in [3.8, 4) is 11.5 Å². The molecule has 0 spiro atoms. The summed E-state index contributed by atoms with van der Waals surface area (Å²) in [5.74, 6) is 0.830. The molecule has 2 aromatic rings. The Hall–Kier alpha value is -2.49. The van der Waals surface area contributed by atoms with E-state index < -0.39 is 5.97 Å². The van der Waals surface area contributed by atoms with Crippen LogP contribution in [0.4, 0.5) is 0 Å². The number of ether oxygens (including phenoxy) is 2. The summed E-state index contributed by atoms with van der Waals surface area (Å²) in [7, 11) is 1.66. The van der Waals surface area contributed by atoms with Crippen molar-refractivity contribution in [2.45, 2.75) is 59.0 Å². The van der Waals surface area contributed by atoms with Crippen molar-refractivity contribution in [2.75, 3.05) is 7.11 Å². The Morgan fingerprint density at radius 2 is 1.66 bits per heavy atom. The van der Waals surface area contributed by atoms with Crippen molar-refractivity contribution in [3.63, 3.8) is 0 Å². The molecule has 0 aliphatic rings. The van der Waals surface area contributed by atoms with Crippen LogP contribution in [0.15, 0.2) is 48.5 Å². The molecule has 1 unspecified atom stereocenters. The Bertz CT molecular complexity index is 740. The molecule has 4 heteroatoms. The maximum absolute atomic E-state index is 11.3. The predicted octanol–water partition coefficient (Wildman–Crippen LogP) is 6.12. The van der Waals surface area contributed by atoms with Gasteiger partial charge in [0.15, 0.2) is 11.5 Å². The van der Waals surface area contributed by atoms with Gasteiger partial charge in [-0.05, 0) is 48.4 Å². The van der Waals surface area contributed by atoms with Gasteiger partial charge in [-0.2, -0.15) is 0 Å². The minimum Gasteiger partial charge on any atom is -0.493 e. The number of aliphatic carboxylic acids is 1. The lowest BCUT2D eigenvalue weighted by Gasteiger charge is -2.15. The van der Waals surface area contributed by atoms with Crippen LogP contribution in [0.2, 0.25) is 0 Å². The maximum Gasteiger partial charge on any atom is 0.306 e. The van der Waals surface area contributed by atoms with E-state index in [9.17, 15) is 9.90 Å². The Balaban J connectivity index is 1.78. The van der Waals surface area contributed by atoms with Crippen molar-refractivity contribution >= 4 is 5.97 Å². The Labute approximate surface area is 174 Å². The van der Waals surface area contributed by atoms with Crippen LogP contribution in [0.25, 0.3) is 0 Å². The first-order valence-electron chi connectivity index (χ1n) is 10.6. The topological polar surface area (TPSA) is 55.8 Å². The molecule has 0 heterocycles. The van der Waals surface area contributed by atoms with Gasteiger partial charge in [0.25, 0.3) is 0 Å². The highest BCUT2D eigenvalue weighted by atomic mass is 16.5. The highest BCUT2D eigenvalue weighted by Crippen LogP contribution is 2.29. The van der Waals surface area contributed by atoms with E-state index >= 15 is 0 Å². The van der Waals surface area contributed by atoms with Gasteiger partial charge in [0.05, 0.1) is 13.0 Å². The first-order chi connectivity index (χ1) is 14.0. The summed E-state index contributed by atoms with van der Waals surface area (Å²) in [6.07, 6.45) is 6.00. The third-order valence-electron chi connectivity index (χ3n) is 5.32. The molecule has 0 fully saturated rings. The number of methoxy groups -OCH3 is 1. The minimum absolute atomic E-state index is 0.195. The Morgan fingerprint density at radius 3 is 2.31 bits per heavy atom. The quantitative estimate of drug-likeness (QED) is 0.413. The molecule has 0 aromatic heterocycles. The smallest absolute Gasteiger partial charge is 0.306 e. The van der Waals surface area contributed by atoms with Gasteiger partial charge < -0.3 is 14.6 Å². The number of aryl methyl sites for hydroxylation is 1. The molecule has 2 aromatic carbocycles. The lowest BCUT2D eigenvalue weighted by molar-refractivity contribution is -0.143. The number of carboxylic acids is 1. The van der Waals surface area contributed by atoms with Crippen molar-refractivity contribution < 1.29 is 19.4 Å². The van der Waals surface area contributed by atoms with Crippen LogP contribution in [-0.4, -0.2) is 18.2 Å². The van der Waals surface area contributed by atoms with Crippen molar-refractivity contribution in [1.29, 1.82) is 0 Å². The van der Waals surface area contributed by atoms with Gasteiger partial charge in [-0.3, -0.25) is 4.79 Å². The first-order valence-corrected chi connectivity index (χ1v) is 10.6. The second kappa shape index (κ2) is 12.2. The van der Waals surface area contributed by atoms with Gasteiger partial charge in [-0.15, -0.1) is 0 Å². The fourth-order valence-corrected chi connectivity index (χ4v) is 3.51. The van der Waals surface area contributed by atoms with Crippen molar-refractivity contribution in [2.24, 2.45) is 11.8 Å². The second-order valence-electron chi connectivity index (χ2n) is 7.90. The minimum atomic E-state index is -0.665. The first kappa shape index (κ1) is 22.8. The molecule has 0 aliphatic carbocycles. The average molecular weight is 399 g/mol. The van der Waals surface area contributed by atoms with Crippen LogP contribution in [0.3, 0.4) is 0 Å². The number of hydrogen-bond acceptors (Lipinski definition) is 3. The van der Waals surface area contributed by atoms with Crippen molar-refractivity contribution in [3.05, 3.63) is 59.7 Å². The van der Waals surface area contributed by atoms with E-state index in [0.717, 1.165) is 55.6 Å². The summed E-state index contributed by atoms with van der Waals surface area (Å²) in [5.41, 5.74) is 2.36. The monoisotopic (exact) mass is 398 g/mol. The molecule has 0 bridgehead atoms. The molecule has 158 valence electrons. The molecule has 0 radical (unpaired) electrons. The molecule has 2 rings (SSSR count). The van der Waals surface area contributed by atoms with Gasteiger partial charge in [0.2, 0.25) is 0 Å². The summed E-state index contributed by atoms with van der Waals surface area (Å²) >= 11 is 0. The Kier molecular flexibility index (Phi) is 9.55. The third kappa shape index (κ3) is 7.80. The zero-order valence-electron chi connectivity index (χ0n) is 17.9. The van der Waals surface area contributed by atoms with E-state index in [4.69, 9.17) is 9.47 Å².